The van der Waals surface area contributed by atoms with Crippen LogP contribution in [0.4, 0.5) is 18.9 Å². The van der Waals surface area contributed by atoms with E-state index in [1.165, 1.54) is 30.5 Å². The second-order valence-electron chi connectivity index (χ2n) is 5.49. The molecule has 0 N–H and O–H groups in total. The zero-order valence-electron chi connectivity index (χ0n) is 15.1. The highest BCUT2D eigenvalue weighted by Crippen LogP contribution is 2.33. The van der Waals surface area contributed by atoms with Gasteiger partial charge in [-0.05, 0) is 30.4 Å². The predicted octanol–water partition coefficient (Wildman–Crippen LogP) is 2.79. The number of anilines is 1. The molecule has 0 aromatic heterocycles. The van der Waals surface area contributed by atoms with Crippen LogP contribution in [0.25, 0.3) is 0 Å². The van der Waals surface area contributed by atoms with E-state index in [2.05, 4.69) is 9.47 Å². The number of nitriles is 1. The van der Waals surface area contributed by atoms with Crippen LogP contribution in [-0.2, 0) is 19.1 Å². The molecule has 1 aromatic carbocycles. The third-order valence-electron chi connectivity index (χ3n) is 3.78. The number of ether oxygens (including phenoxy) is 2. The van der Waals surface area contributed by atoms with Gasteiger partial charge in [-0.2, -0.15) is 18.4 Å². The molecule has 0 aliphatic carbocycles. The van der Waals surface area contributed by atoms with Crippen LogP contribution < -0.4 is 4.90 Å². The Morgan fingerprint density at radius 1 is 1.07 bits per heavy atom. The number of methoxy groups -OCH3 is 2. The smallest absolute Gasteiger partial charge is 0.454 e. The van der Waals surface area contributed by atoms with Gasteiger partial charge in [0.2, 0.25) is 0 Å². The first kappa shape index (κ1) is 21.4. The number of esters is 2. The van der Waals surface area contributed by atoms with Crippen molar-refractivity contribution in [3.8, 4) is 6.07 Å². The number of halogens is 3. The molecule has 0 radical (unpaired) electrons. The number of hydrogen-bond donors (Lipinski definition) is 0. The van der Waals surface area contributed by atoms with E-state index < -0.39 is 35.2 Å². The highest BCUT2D eigenvalue weighted by Gasteiger charge is 2.42. The molecule has 0 bridgehead atoms. The highest BCUT2D eigenvalue weighted by atomic mass is 19.4. The Kier molecular flexibility index (Phi) is 6.23. The lowest BCUT2D eigenvalue weighted by atomic mass is 10.0. The third-order valence-corrected chi connectivity index (χ3v) is 3.78. The van der Waals surface area contributed by atoms with Crippen molar-refractivity contribution in [3.05, 3.63) is 65.0 Å². The van der Waals surface area contributed by atoms with Gasteiger partial charge in [0, 0.05) is 6.20 Å². The van der Waals surface area contributed by atoms with Crippen molar-refractivity contribution < 1.29 is 37.0 Å². The van der Waals surface area contributed by atoms with Crippen LogP contribution in [0.5, 0.6) is 0 Å². The Morgan fingerprint density at radius 3 is 2.28 bits per heavy atom. The fourth-order valence-electron chi connectivity index (χ4n) is 2.50. The summed E-state index contributed by atoms with van der Waals surface area (Å²) >= 11 is 0. The van der Waals surface area contributed by atoms with Crippen molar-refractivity contribution in [2.24, 2.45) is 0 Å². The SMILES string of the molecule is COC(=O)C1=C(C(=O)OC)N(c2ccc(C#N)cc2C(=O)C(F)(F)F)C=CC=C1. The lowest BCUT2D eigenvalue weighted by molar-refractivity contribution is -0.139. The van der Waals surface area contributed by atoms with Gasteiger partial charge in [0.1, 0.15) is 5.70 Å². The van der Waals surface area contributed by atoms with E-state index in [4.69, 9.17) is 5.26 Å². The molecular weight excluding hydrogens is 393 g/mol. The fraction of sp³-hybridized carbons (Fsp3) is 0.158. The largest absolute Gasteiger partial charge is 0.465 e. The second-order valence-corrected chi connectivity index (χ2v) is 5.49. The van der Waals surface area contributed by atoms with Crippen molar-refractivity contribution in [2.45, 2.75) is 6.18 Å². The molecule has 1 aromatic rings. The number of rotatable bonds is 4. The predicted molar refractivity (Wildman–Crippen MR) is 93.4 cm³/mol. The molecule has 0 unspecified atom stereocenters. The van der Waals surface area contributed by atoms with E-state index in [9.17, 15) is 27.6 Å². The number of nitrogens with zero attached hydrogens (tertiary/aromatic N) is 2. The van der Waals surface area contributed by atoms with Crippen LogP contribution in [0.1, 0.15) is 15.9 Å². The Morgan fingerprint density at radius 2 is 1.72 bits per heavy atom. The summed E-state index contributed by atoms with van der Waals surface area (Å²) in [7, 11) is 2.07. The van der Waals surface area contributed by atoms with E-state index in [1.807, 2.05) is 0 Å². The van der Waals surface area contributed by atoms with Crippen molar-refractivity contribution in [2.75, 3.05) is 19.1 Å². The first-order valence-electron chi connectivity index (χ1n) is 7.86. The summed E-state index contributed by atoms with van der Waals surface area (Å²) in [6.45, 7) is 0. The molecule has 2 rings (SSSR count). The Hall–Kier alpha value is -3.87. The molecule has 1 aliphatic heterocycles. The number of allylic oxidation sites excluding steroid dienone is 2. The average molecular weight is 406 g/mol. The molecule has 0 saturated heterocycles. The van der Waals surface area contributed by atoms with Crippen molar-refractivity contribution >= 4 is 23.4 Å². The van der Waals surface area contributed by atoms with Crippen LogP contribution in [0.15, 0.2) is 53.9 Å². The summed E-state index contributed by atoms with van der Waals surface area (Å²) in [5, 5.41) is 8.99. The van der Waals surface area contributed by atoms with E-state index in [1.54, 1.807) is 6.07 Å². The van der Waals surface area contributed by atoms with Gasteiger partial charge in [0.25, 0.3) is 5.78 Å². The van der Waals surface area contributed by atoms with Gasteiger partial charge < -0.3 is 14.4 Å². The number of ketones is 1. The number of carbonyl (C=O) groups is 3. The molecule has 29 heavy (non-hydrogen) atoms. The molecular formula is C19H13F3N2O5. The van der Waals surface area contributed by atoms with E-state index in [0.717, 1.165) is 31.3 Å². The van der Waals surface area contributed by atoms with Crippen LogP contribution in [-0.4, -0.2) is 38.1 Å². The summed E-state index contributed by atoms with van der Waals surface area (Å²) in [5.41, 5.74) is -2.23. The summed E-state index contributed by atoms with van der Waals surface area (Å²) in [6, 6.07) is 4.63. The number of hydrogen-bond acceptors (Lipinski definition) is 7. The monoisotopic (exact) mass is 406 g/mol. The molecule has 10 heteroatoms. The molecule has 0 saturated carbocycles. The normalized spacial score (nSPS) is 13.6. The summed E-state index contributed by atoms with van der Waals surface area (Å²) in [6.07, 6.45) is -0.170. The van der Waals surface area contributed by atoms with E-state index in [0.29, 0.717) is 0 Å². The lowest BCUT2D eigenvalue weighted by Gasteiger charge is -2.25. The van der Waals surface area contributed by atoms with E-state index in [-0.39, 0.29) is 16.8 Å². The molecule has 150 valence electrons. The summed E-state index contributed by atoms with van der Waals surface area (Å²) in [4.78, 5) is 37.4. The molecule has 1 heterocycles. The number of alkyl halides is 3. The van der Waals surface area contributed by atoms with Gasteiger partial charge in [-0.1, -0.05) is 6.08 Å². The van der Waals surface area contributed by atoms with Gasteiger partial charge in [-0.25, -0.2) is 9.59 Å². The van der Waals surface area contributed by atoms with E-state index >= 15 is 0 Å². The Balaban J connectivity index is 2.83. The molecule has 0 atom stereocenters. The minimum Gasteiger partial charge on any atom is -0.465 e. The quantitative estimate of drug-likeness (QED) is 0.560. The third kappa shape index (κ3) is 4.35. The van der Waals surface area contributed by atoms with Crippen molar-refractivity contribution in [1.82, 2.24) is 0 Å². The lowest BCUT2D eigenvalue weighted by Crippen LogP contribution is -2.30. The maximum Gasteiger partial charge on any atom is 0.454 e. The molecule has 0 amide bonds. The number of carbonyl (C=O) groups excluding carboxylic acids is 3. The Bertz CT molecular complexity index is 1000. The second kappa shape index (κ2) is 8.43. The molecule has 0 fully saturated rings. The maximum absolute atomic E-state index is 13.1. The Labute approximate surface area is 162 Å². The van der Waals surface area contributed by atoms with Crippen LogP contribution >= 0.6 is 0 Å². The standard InChI is InChI=1S/C19H13F3N2O5/c1-28-17(26)12-5-3-4-8-24(15(12)18(27)29-2)14-7-6-11(10-23)9-13(14)16(25)19(20,21)22/h3-9H,1-2H3. The van der Waals surface area contributed by atoms with Gasteiger partial charge >= 0.3 is 18.1 Å². The van der Waals surface area contributed by atoms with Gasteiger partial charge in [-0.3, -0.25) is 4.79 Å². The van der Waals surface area contributed by atoms with Crippen LogP contribution in [0.3, 0.4) is 0 Å². The topological polar surface area (TPSA) is 96.7 Å². The number of Topliss-reactive ketones (excluding diaryl/α,β-unsaturated/α-hetero) is 1. The minimum absolute atomic E-state index is 0.199. The maximum atomic E-state index is 13.1. The van der Waals surface area contributed by atoms with Gasteiger partial charge in [-0.15, -0.1) is 0 Å². The van der Waals surface area contributed by atoms with Crippen LogP contribution in [0.2, 0.25) is 0 Å². The molecule has 1 aliphatic rings. The first-order valence-corrected chi connectivity index (χ1v) is 7.86. The highest BCUT2D eigenvalue weighted by molar-refractivity contribution is 6.09. The first-order chi connectivity index (χ1) is 13.6. The average Bonchev–Trinajstić information content (AvgIpc) is 2.93. The zero-order valence-corrected chi connectivity index (χ0v) is 15.1. The number of benzene rings is 1. The van der Waals surface area contributed by atoms with Crippen LogP contribution in [0, 0.1) is 11.3 Å². The molecule has 7 nitrogen and oxygen atoms in total. The van der Waals surface area contributed by atoms with Gasteiger partial charge in [0.15, 0.2) is 0 Å². The zero-order chi connectivity index (χ0) is 21.8. The van der Waals surface area contributed by atoms with Gasteiger partial charge in [0.05, 0.1) is 42.7 Å². The fourth-order valence-corrected chi connectivity index (χ4v) is 2.50. The minimum atomic E-state index is -5.24. The summed E-state index contributed by atoms with van der Waals surface area (Å²) in [5.74, 6) is -4.23. The van der Waals surface area contributed by atoms with Crippen molar-refractivity contribution in [3.63, 3.8) is 0 Å². The molecule has 0 spiro atoms. The van der Waals surface area contributed by atoms with Crippen molar-refractivity contribution in [1.29, 1.82) is 5.26 Å². The summed E-state index contributed by atoms with van der Waals surface area (Å²) < 4.78 is 48.6.